The minimum atomic E-state index is -1.09. The Kier molecular flexibility index (Phi) is 5.91. The van der Waals surface area contributed by atoms with Gasteiger partial charge in [0.25, 0.3) is 0 Å². The van der Waals surface area contributed by atoms with Crippen LogP contribution in [0.2, 0.25) is 0 Å². The third kappa shape index (κ3) is 3.37. The van der Waals surface area contributed by atoms with E-state index in [9.17, 15) is 9.59 Å². The van der Waals surface area contributed by atoms with Crippen LogP contribution in [0.15, 0.2) is 54.6 Å². The Morgan fingerprint density at radius 3 is 1.83 bits per heavy atom. The monoisotopic (exact) mass is 265 g/mol. The van der Waals surface area contributed by atoms with Crippen molar-refractivity contribution in [2.24, 2.45) is 0 Å². The van der Waals surface area contributed by atoms with Crippen molar-refractivity contribution in [2.45, 2.75) is 0 Å². The van der Waals surface area contributed by atoms with E-state index in [1.165, 1.54) is 12.1 Å². The minimum absolute atomic E-state index is 0. The van der Waals surface area contributed by atoms with E-state index in [1.54, 1.807) is 42.5 Å². The molecule has 0 unspecified atom stereocenters. The number of rotatable bonds is 3. The largest absolute Gasteiger partial charge is 1.00 e. The molecule has 3 nitrogen and oxygen atoms in total. The molecule has 0 aliphatic rings. The van der Waals surface area contributed by atoms with Gasteiger partial charge in [-0.1, -0.05) is 48.5 Å². The van der Waals surface area contributed by atoms with Gasteiger partial charge in [-0.25, -0.2) is 4.79 Å². The van der Waals surface area contributed by atoms with Crippen LogP contribution in [0.25, 0.3) is 0 Å². The fraction of sp³-hybridized carbons (Fsp3) is 0. The van der Waals surface area contributed by atoms with Crippen molar-refractivity contribution >= 4 is 11.8 Å². The molecular formula is C14H10KO3+. The maximum atomic E-state index is 12.1. The van der Waals surface area contributed by atoms with Crippen molar-refractivity contribution in [3.8, 4) is 0 Å². The van der Waals surface area contributed by atoms with Gasteiger partial charge in [0.2, 0.25) is 0 Å². The zero-order valence-corrected chi connectivity index (χ0v) is 13.1. The Hall–Kier alpha value is -0.784. The summed E-state index contributed by atoms with van der Waals surface area (Å²) in [5, 5.41) is 9.01. The van der Waals surface area contributed by atoms with E-state index < -0.39 is 5.97 Å². The zero-order chi connectivity index (χ0) is 12.3. The molecule has 2 aromatic carbocycles. The number of carboxylic acid groups (broad SMARTS) is 1. The summed E-state index contributed by atoms with van der Waals surface area (Å²) in [6.45, 7) is 0. The van der Waals surface area contributed by atoms with Gasteiger partial charge in [-0.05, 0) is 6.07 Å². The van der Waals surface area contributed by atoms with E-state index in [1.807, 2.05) is 0 Å². The van der Waals surface area contributed by atoms with Gasteiger partial charge in [-0.2, -0.15) is 0 Å². The number of ketones is 1. The van der Waals surface area contributed by atoms with Crippen LogP contribution in [-0.4, -0.2) is 16.9 Å². The van der Waals surface area contributed by atoms with Gasteiger partial charge in [0.1, 0.15) is 0 Å². The minimum Gasteiger partial charge on any atom is -0.478 e. The topological polar surface area (TPSA) is 54.4 Å². The smallest absolute Gasteiger partial charge is 0.478 e. The average Bonchev–Trinajstić information content (AvgIpc) is 2.39. The second-order valence-electron chi connectivity index (χ2n) is 3.55. The van der Waals surface area contributed by atoms with Gasteiger partial charge in [0.05, 0.1) is 5.56 Å². The first-order chi connectivity index (χ1) is 8.20. The molecule has 0 aromatic heterocycles. The molecule has 0 amide bonds. The van der Waals surface area contributed by atoms with Crippen molar-refractivity contribution < 1.29 is 66.1 Å². The SMILES string of the molecule is O=C(O)c1ccccc1C(=O)c1ccccc1.[K+]. The van der Waals surface area contributed by atoms with Crippen LogP contribution < -0.4 is 51.4 Å². The van der Waals surface area contributed by atoms with E-state index in [0.29, 0.717) is 5.56 Å². The quantitative estimate of drug-likeness (QED) is 0.608. The Labute approximate surface area is 147 Å². The van der Waals surface area contributed by atoms with Crippen LogP contribution in [0, 0.1) is 0 Å². The first-order valence-electron chi connectivity index (χ1n) is 5.12. The van der Waals surface area contributed by atoms with Gasteiger partial charge < -0.3 is 5.11 Å². The molecule has 0 aliphatic heterocycles. The summed E-state index contributed by atoms with van der Waals surface area (Å²) in [4.78, 5) is 23.1. The van der Waals surface area contributed by atoms with Crippen molar-refractivity contribution in [1.29, 1.82) is 0 Å². The molecule has 2 rings (SSSR count). The predicted octanol–water partition coefficient (Wildman–Crippen LogP) is -0.380. The Morgan fingerprint density at radius 1 is 0.778 bits per heavy atom. The zero-order valence-electron chi connectivity index (χ0n) is 9.96. The molecule has 18 heavy (non-hydrogen) atoms. The van der Waals surface area contributed by atoms with Crippen molar-refractivity contribution in [3.63, 3.8) is 0 Å². The van der Waals surface area contributed by atoms with Gasteiger partial charge in [0, 0.05) is 11.1 Å². The van der Waals surface area contributed by atoms with E-state index in [-0.39, 0.29) is 68.3 Å². The number of aromatic carboxylic acids is 1. The third-order valence-corrected chi connectivity index (χ3v) is 2.44. The fourth-order valence-corrected chi connectivity index (χ4v) is 1.61. The summed E-state index contributed by atoms with van der Waals surface area (Å²) in [6.07, 6.45) is 0. The molecule has 4 heteroatoms. The maximum absolute atomic E-state index is 12.1. The van der Waals surface area contributed by atoms with Gasteiger partial charge in [-0.3, -0.25) is 4.79 Å². The second kappa shape index (κ2) is 6.97. The fourth-order valence-electron chi connectivity index (χ4n) is 1.61. The van der Waals surface area contributed by atoms with Crippen LogP contribution in [0.5, 0.6) is 0 Å². The standard InChI is InChI=1S/C14H10O3.K/c15-13(10-6-2-1-3-7-10)11-8-4-5-9-12(11)14(16)17;/h1-9H,(H,16,17);/q;+1. The Morgan fingerprint density at radius 2 is 1.28 bits per heavy atom. The molecule has 0 bridgehead atoms. The maximum Gasteiger partial charge on any atom is 1.00 e. The van der Waals surface area contributed by atoms with Gasteiger partial charge in [-0.15, -0.1) is 0 Å². The molecule has 0 saturated heterocycles. The van der Waals surface area contributed by atoms with Crippen LogP contribution in [-0.2, 0) is 0 Å². The number of carbonyl (C=O) groups excluding carboxylic acids is 1. The molecule has 0 saturated carbocycles. The summed E-state index contributed by atoms with van der Waals surface area (Å²) in [5.41, 5.74) is 0.730. The predicted molar refractivity (Wildman–Crippen MR) is 63.3 cm³/mol. The van der Waals surface area contributed by atoms with Crippen LogP contribution in [0.3, 0.4) is 0 Å². The number of carboxylic acids is 1. The number of hydrogen-bond donors (Lipinski definition) is 1. The molecular weight excluding hydrogens is 255 g/mol. The summed E-state index contributed by atoms with van der Waals surface area (Å²) in [6, 6.07) is 14.8. The van der Waals surface area contributed by atoms with Crippen molar-refractivity contribution in [1.82, 2.24) is 0 Å². The molecule has 0 spiro atoms. The van der Waals surface area contributed by atoms with Crippen molar-refractivity contribution in [3.05, 3.63) is 71.3 Å². The molecule has 0 heterocycles. The van der Waals surface area contributed by atoms with Crippen LogP contribution >= 0.6 is 0 Å². The number of benzene rings is 2. The van der Waals surface area contributed by atoms with Gasteiger partial charge in [0.15, 0.2) is 5.78 Å². The third-order valence-electron chi connectivity index (χ3n) is 2.44. The first kappa shape index (κ1) is 15.3. The van der Waals surface area contributed by atoms with E-state index >= 15 is 0 Å². The summed E-state index contributed by atoms with van der Waals surface area (Å²) in [7, 11) is 0. The molecule has 0 radical (unpaired) electrons. The second-order valence-corrected chi connectivity index (χ2v) is 3.55. The van der Waals surface area contributed by atoms with Crippen LogP contribution in [0.4, 0.5) is 0 Å². The number of carbonyl (C=O) groups is 2. The average molecular weight is 265 g/mol. The summed E-state index contributed by atoms with van der Waals surface area (Å²) < 4.78 is 0. The Bertz CT molecular complexity index is 564. The van der Waals surface area contributed by atoms with Crippen molar-refractivity contribution in [2.75, 3.05) is 0 Å². The molecule has 84 valence electrons. The van der Waals surface area contributed by atoms with E-state index in [0.717, 1.165) is 0 Å². The summed E-state index contributed by atoms with van der Waals surface area (Å²) >= 11 is 0. The summed E-state index contributed by atoms with van der Waals surface area (Å²) in [5.74, 6) is -1.37. The first-order valence-corrected chi connectivity index (χ1v) is 5.12. The number of hydrogen-bond acceptors (Lipinski definition) is 2. The van der Waals surface area contributed by atoms with E-state index in [4.69, 9.17) is 5.11 Å². The van der Waals surface area contributed by atoms with E-state index in [2.05, 4.69) is 0 Å². The molecule has 1 N–H and O–H groups in total. The van der Waals surface area contributed by atoms with Gasteiger partial charge >= 0.3 is 57.4 Å². The molecule has 2 aromatic rings. The molecule has 0 fully saturated rings. The Balaban J connectivity index is 0.00000162. The van der Waals surface area contributed by atoms with Crippen LogP contribution in [0.1, 0.15) is 26.3 Å². The molecule has 0 aliphatic carbocycles. The normalized spacial score (nSPS) is 9.33. The molecule has 0 atom stereocenters.